The first-order valence-electron chi connectivity index (χ1n) is 8.60. The fraction of sp³-hybridized carbons (Fsp3) is 0.333. The van der Waals surface area contributed by atoms with E-state index in [2.05, 4.69) is 4.72 Å². The summed E-state index contributed by atoms with van der Waals surface area (Å²) in [4.78, 5) is 1.49. The second-order valence-corrected chi connectivity index (χ2v) is 9.67. The predicted molar refractivity (Wildman–Crippen MR) is 110 cm³/mol. The molecule has 164 valence electrons. The van der Waals surface area contributed by atoms with Crippen LogP contribution >= 0.6 is 34.8 Å². The van der Waals surface area contributed by atoms with E-state index in [1.54, 1.807) is 0 Å². The third-order valence-electron chi connectivity index (χ3n) is 4.41. The number of rotatable bonds is 5. The van der Waals surface area contributed by atoms with Crippen LogP contribution in [0.3, 0.4) is 0 Å². The van der Waals surface area contributed by atoms with E-state index in [0.717, 1.165) is 18.2 Å². The van der Waals surface area contributed by atoms with Crippen LogP contribution < -0.4 is 9.46 Å². The van der Waals surface area contributed by atoms with E-state index in [-0.39, 0.29) is 20.8 Å². The number of halogens is 6. The Morgan fingerprint density at radius 1 is 1.13 bits per heavy atom. The first kappa shape index (κ1) is 23.3. The van der Waals surface area contributed by atoms with Crippen molar-refractivity contribution in [1.29, 1.82) is 0 Å². The van der Waals surface area contributed by atoms with Crippen LogP contribution in [-0.4, -0.2) is 39.6 Å². The van der Waals surface area contributed by atoms with Crippen LogP contribution in [0.25, 0.3) is 0 Å². The summed E-state index contributed by atoms with van der Waals surface area (Å²) in [6, 6.07) is 5.14. The molecule has 0 radical (unpaired) electrons. The second kappa shape index (κ2) is 8.63. The monoisotopic (exact) mass is 502 g/mol. The molecule has 30 heavy (non-hydrogen) atoms. The molecule has 3 rings (SSSR count). The molecule has 2 aromatic carbocycles. The minimum Gasteiger partial charge on any atom is -0.488 e. The molecule has 0 unspecified atom stereocenters. The van der Waals surface area contributed by atoms with Crippen molar-refractivity contribution in [3.05, 3.63) is 51.0 Å². The number of anilines is 1. The number of alkyl halides is 3. The van der Waals surface area contributed by atoms with E-state index < -0.39 is 38.5 Å². The average Bonchev–Trinajstić information content (AvgIpc) is 2.97. The first-order valence-corrected chi connectivity index (χ1v) is 11.2. The summed E-state index contributed by atoms with van der Waals surface area (Å²) in [5.41, 5.74) is -1.13. The molecule has 2 aromatic rings. The molecule has 1 saturated heterocycles. The molecule has 0 bridgehead atoms. The van der Waals surface area contributed by atoms with Gasteiger partial charge in [-0.15, -0.1) is 0 Å². The van der Waals surface area contributed by atoms with Crippen molar-refractivity contribution in [2.75, 3.05) is 24.9 Å². The largest absolute Gasteiger partial charge is 0.488 e. The van der Waals surface area contributed by atoms with E-state index in [1.165, 1.54) is 12.1 Å². The van der Waals surface area contributed by atoms with Crippen LogP contribution in [0, 0.1) is 0 Å². The molecule has 0 saturated carbocycles. The van der Waals surface area contributed by atoms with Crippen molar-refractivity contribution >= 4 is 50.5 Å². The summed E-state index contributed by atoms with van der Waals surface area (Å²) >= 11 is 17.7. The molecule has 1 heterocycles. The lowest BCUT2D eigenvalue weighted by atomic mass is 10.1. The Morgan fingerprint density at radius 3 is 2.30 bits per heavy atom. The maximum Gasteiger partial charge on any atom is 0.419 e. The van der Waals surface area contributed by atoms with E-state index in [9.17, 15) is 21.6 Å². The minimum absolute atomic E-state index is 0.133. The molecule has 0 aromatic heterocycles. The van der Waals surface area contributed by atoms with Gasteiger partial charge in [0.2, 0.25) is 0 Å². The lowest BCUT2D eigenvalue weighted by Crippen LogP contribution is -2.23. The van der Waals surface area contributed by atoms with Crippen LogP contribution in [0.1, 0.15) is 12.0 Å². The number of sulfonamides is 1. The van der Waals surface area contributed by atoms with Crippen LogP contribution in [0.15, 0.2) is 35.2 Å². The third kappa shape index (κ3) is 5.26. The Kier molecular flexibility index (Phi) is 6.69. The van der Waals surface area contributed by atoms with Crippen molar-refractivity contribution < 1.29 is 26.3 Å². The average molecular weight is 504 g/mol. The zero-order chi connectivity index (χ0) is 22.3. The third-order valence-corrected chi connectivity index (χ3v) is 6.93. The van der Waals surface area contributed by atoms with Gasteiger partial charge in [-0.05, 0) is 37.7 Å². The Hall–Kier alpha value is -1.39. The van der Waals surface area contributed by atoms with Crippen LogP contribution in [0.2, 0.25) is 15.1 Å². The number of benzene rings is 2. The molecule has 0 amide bonds. The SMILES string of the molecule is CN1CC[C@@H](Oc2cc(NS(=O)(=O)c3c(Cl)cc(Cl)cc3Cl)ccc2C(F)(F)F)C1. The Labute approximate surface area is 186 Å². The van der Waals surface area contributed by atoms with Crippen molar-refractivity contribution in [2.24, 2.45) is 0 Å². The molecule has 0 aliphatic carbocycles. The minimum atomic E-state index is -4.67. The molecular formula is C18H16Cl3F3N2O3S. The molecule has 12 heteroatoms. The summed E-state index contributed by atoms with van der Waals surface area (Å²) in [5, 5.41) is -0.314. The molecule has 1 aliphatic heterocycles. The smallest absolute Gasteiger partial charge is 0.419 e. The van der Waals surface area contributed by atoms with Gasteiger partial charge in [-0.3, -0.25) is 4.72 Å². The topological polar surface area (TPSA) is 58.6 Å². The Bertz CT molecular complexity index is 1040. The molecule has 1 atom stereocenters. The number of nitrogens with one attached hydrogen (secondary N) is 1. The Balaban J connectivity index is 1.95. The second-order valence-electron chi connectivity index (χ2n) is 6.80. The van der Waals surface area contributed by atoms with Gasteiger partial charge in [-0.25, -0.2) is 8.42 Å². The highest BCUT2D eigenvalue weighted by atomic mass is 35.5. The van der Waals surface area contributed by atoms with Crippen molar-refractivity contribution in [1.82, 2.24) is 4.90 Å². The number of likely N-dealkylation sites (N-methyl/N-ethyl adjacent to an activating group) is 1. The molecular weight excluding hydrogens is 488 g/mol. The molecule has 1 aliphatic rings. The zero-order valence-corrected chi connectivity index (χ0v) is 18.5. The molecule has 1 N–H and O–H groups in total. The number of ether oxygens (including phenoxy) is 1. The summed E-state index contributed by atoms with van der Waals surface area (Å²) < 4.78 is 73.4. The molecule has 0 spiro atoms. The van der Waals surface area contributed by atoms with Gasteiger partial charge >= 0.3 is 6.18 Å². The van der Waals surface area contributed by atoms with Gasteiger partial charge in [-0.2, -0.15) is 13.2 Å². The van der Waals surface area contributed by atoms with E-state index in [0.29, 0.717) is 19.5 Å². The summed E-state index contributed by atoms with van der Waals surface area (Å²) in [5.74, 6) is -0.462. The quantitative estimate of drug-likeness (QED) is 0.581. The van der Waals surface area contributed by atoms with E-state index in [1.807, 2.05) is 11.9 Å². The fourth-order valence-corrected chi connectivity index (χ4v) is 5.68. The van der Waals surface area contributed by atoms with Gasteiger partial charge in [0.15, 0.2) is 0 Å². The number of hydrogen-bond donors (Lipinski definition) is 1. The van der Waals surface area contributed by atoms with Gasteiger partial charge < -0.3 is 9.64 Å². The normalized spacial score (nSPS) is 17.9. The maximum atomic E-state index is 13.4. The van der Waals surface area contributed by atoms with Gasteiger partial charge in [0.25, 0.3) is 10.0 Å². The highest BCUT2D eigenvalue weighted by Crippen LogP contribution is 2.40. The highest BCUT2D eigenvalue weighted by molar-refractivity contribution is 7.93. The van der Waals surface area contributed by atoms with Crippen LogP contribution in [-0.2, 0) is 16.2 Å². The molecule has 1 fully saturated rings. The zero-order valence-electron chi connectivity index (χ0n) is 15.4. The van der Waals surface area contributed by atoms with Crippen molar-refractivity contribution in [3.8, 4) is 5.75 Å². The number of hydrogen-bond acceptors (Lipinski definition) is 4. The summed E-state index contributed by atoms with van der Waals surface area (Å²) in [7, 11) is -2.48. The van der Waals surface area contributed by atoms with Crippen molar-refractivity contribution in [3.63, 3.8) is 0 Å². The molecule has 5 nitrogen and oxygen atoms in total. The summed E-state index contributed by atoms with van der Waals surface area (Å²) in [6.07, 6.45) is -4.55. The van der Waals surface area contributed by atoms with Gasteiger partial charge in [0, 0.05) is 24.2 Å². The number of nitrogens with zero attached hydrogens (tertiary/aromatic N) is 1. The number of likely N-dealkylation sites (tertiary alicyclic amines) is 1. The first-order chi connectivity index (χ1) is 13.9. The summed E-state index contributed by atoms with van der Waals surface area (Å²) in [6.45, 7) is 1.15. The van der Waals surface area contributed by atoms with Crippen LogP contribution in [0.5, 0.6) is 5.75 Å². The van der Waals surface area contributed by atoms with Gasteiger partial charge in [0.05, 0.1) is 21.3 Å². The predicted octanol–water partition coefficient (Wildman–Crippen LogP) is 5.55. The lowest BCUT2D eigenvalue weighted by Gasteiger charge is -2.20. The Morgan fingerprint density at radius 2 is 1.77 bits per heavy atom. The fourth-order valence-electron chi connectivity index (χ4n) is 3.08. The maximum absolute atomic E-state index is 13.4. The van der Waals surface area contributed by atoms with E-state index in [4.69, 9.17) is 39.5 Å². The van der Waals surface area contributed by atoms with Crippen LogP contribution in [0.4, 0.5) is 18.9 Å². The van der Waals surface area contributed by atoms with Gasteiger partial charge in [0.1, 0.15) is 16.7 Å². The van der Waals surface area contributed by atoms with Gasteiger partial charge in [-0.1, -0.05) is 34.8 Å². The van der Waals surface area contributed by atoms with E-state index >= 15 is 0 Å². The standard InChI is InChI=1S/C18H16Cl3F3N2O3S/c1-26-5-4-12(9-26)29-16-8-11(2-3-13(16)18(22,23)24)25-30(27,28)17-14(20)6-10(19)7-15(17)21/h2-3,6-8,12,25H,4-5,9H2,1H3/t12-/m1/s1. The lowest BCUT2D eigenvalue weighted by molar-refractivity contribution is -0.139. The van der Waals surface area contributed by atoms with Crippen molar-refractivity contribution in [2.45, 2.75) is 23.6 Å². The highest BCUT2D eigenvalue weighted by Gasteiger charge is 2.36.